The van der Waals surface area contributed by atoms with E-state index < -0.39 is 5.41 Å². The van der Waals surface area contributed by atoms with Gasteiger partial charge < -0.3 is 15.4 Å². The van der Waals surface area contributed by atoms with Gasteiger partial charge in [0.25, 0.3) is 5.91 Å². The monoisotopic (exact) mass is 372 g/mol. The number of methoxy groups -OCH3 is 1. The predicted octanol–water partition coefficient (Wildman–Crippen LogP) is 3.39. The predicted molar refractivity (Wildman–Crippen MR) is 102 cm³/mol. The average Bonchev–Trinajstić information content (AvgIpc) is 3.45. The molecule has 0 aliphatic heterocycles. The molecule has 5 nitrogen and oxygen atoms in total. The Kier molecular flexibility index (Phi) is 5.59. The molecule has 136 valence electrons. The lowest BCUT2D eigenvalue weighted by molar-refractivity contribution is -0.123. The molecule has 2 N–H and O–H groups in total. The number of carbonyl (C=O) groups excluding carboxylic acids is 2. The highest BCUT2D eigenvalue weighted by Crippen LogP contribution is 2.48. The van der Waals surface area contributed by atoms with Crippen molar-refractivity contribution in [1.29, 1.82) is 0 Å². The van der Waals surface area contributed by atoms with Crippen LogP contribution in [0.3, 0.4) is 0 Å². The van der Waals surface area contributed by atoms with Gasteiger partial charge in [0.2, 0.25) is 5.91 Å². The van der Waals surface area contributed by atoms with Gasteiger partial charge in [0.1, 0.15) is 0 Å². The van der Waals surface area contributed by atoms with Crippen molar-refractivity contribution in [2.45, 2.75) is 18.3 Å². The molecule has 6 heteroatoms. The topological polar surface area (TPSA) is 67.4 Å². The minimum absolute atomic E-state index is 0.0300. The van der Waals surface area contributed by atoms with Gasteiger partial charge in [-0.2, -0.15) is 0 Å². The normalized spacial score (nSPS) is 14.5. The number of benzene rings is 2. The van der Waals surface area contributed by atoms with Crippen LogP contribution in [-0.2, 0) is 14.9 Å². The molecule has 0 aromatic heterocycles. The third-order valence-electron chi connectivity index (χ3n) is 4.59. The molecular weight excluding hydrogens is 352 g/mol. The number of hydrogen-bond acceptors (Lipinski definition) is 3. The summed E-state index contributed by atoms with van der Waals surface area (Å²) in [4.78, 5) is 24.7. The van der Waals surface area contributed by atoms with E-state index in [0.717, 1.165) is 18.4 Å². The van der Waals surface area contributed by atoms with Gasteiger partial charge in [0.05, 0.1) is 22.6 Å². The fourth-order valence-electron chi connectivity index (χ4n) is 2.92. The molecule has 3 rings (SSSR count). The van der Waals surface area contributed by atoms with Gasteiger partial charge in [-0.05, 0) is 42.7 Å². The van der Waals surface area contributed by atoms with E-state index in [9.17, 15) is 9.59 Å². The van der Waals surface area contributed by atoms with Crippen LogP contribution in [0.15, 0.2) is 48.5 Å². The fraction of sp³-hybridized carbons (Fsp3) is 0.300. The highest BCUT2D eigenvalue weighted by Gasteiger charge is 2.50. The zero-order valence-corrected chi connectivity index (χ0v) is 15.3. The first-order valence-corrected chi connectivity index (χ1v) is 8.88. The summed E-state index contributed by atoms with van der Waals surface area (Å²) in [7, 11) is 1.61. The third kappa shape index (κ3) is 3.89. The Hall–Kier alpha value is -2.37. The number of anilines is 1. The Morgan fingerprint density at radius 1 is 1.12 bits per heavy atom. The molecule has 2 amide bonds. The van der Waals surface area contributed by atoms with Crippen LogP contribution in [0.25, 0.3) is 0 Å². The summed E-state index contributed by atoms with van der Waals surface area (Å²) in [5.74, 6) is -0.232. The maximum Gasteiger partial charge on any atom is 0.257 e. The van der Waals surface area contributed by atoms with Crippen LogP contribution in [0.1, 0.15) is 28.8 Å². The van der Waals surface area contributed by atoms with Crippen molar-refractivity contribution >= 4 is 29.1 Å². The molecule has 26 heavy (non-hydrogen) atoms. The minimum atomic E-state index is -0.445. The van der Waals surface area contributed by atoms with Crippen LogP contribution in [-0.4, -0.2) is 32.1 Å². The molecule has 0 atom stereocenters. The number of ether oxygens (including phenoxy) is 1. The highest BCUT2D eigenvalue weighted by molar-refractivity contribution is 6.34. The van der Waals surface area contributed by atoms with Gasteiger partial charge in [-0.1, -0.05) is 35.9 Å². The standard InChI is InChI=1S/C20H21ClN2O3/c1-26-13-12-22-19(25)20(10-11-20)14-6-8-15(9-7-14)23-18(24)16-4-2-3-5-17(16)21/h2-9H,10-13H2,1H3,(H,22,25)(H,23,24). The van der Waals surface area contributed by atoms with E-state index in [1.165, 1.54) is 0 Å². The number of hydrogen-bond donors (Lipinski definition) is 2. The molecule has 0 saturated heterocycles. The summed E-state index contributed by atoms with van der Waals surface area (Å²) in [6.07, 6.45) is 1.66. The van der Waals surface area contributed by atoms with Crippen molar-refractivity contribution in [1.82, 2.24) is 5.32 Å². The fourth-order valence-corrected chi connectivity index (χ4v) is 3.15. The lowest BCUT2D eigenvalue weighted by atomic mass is 9.94. The van der Waals surface area contributed by atoms with E-state index >= 15 is 0 Å². The van der Waals surface area contributed by atoms with Crippen LogP contribution in [0.2, 0.25) is 5.02 Å². The summed E-state index contributed by atoms with van der Waals surface area (Å²) in [6.45, 7) is 0.998. The van der Waals surface area contributed by atoms with E-state index in [1.54, 1.807) is 31.4 Å². The second kappa shape index (κ2) is 7.89. The van der Waals surface area contributed by atoms with E-state index in [-0.39, 0.29) is 11.8 Å². The Morgan fingerprint density at radius 3 is 2.42 bits per heavy atom. The Bertz CT molecular complexity index is 801. The number of carbonyl (C=O) groups is 2. The second-order valence-corrected chi connectivity index (χ2v) is 6.75. The van der Waals surface area contributed by atoms with Crippen molar-refractivity contribution in [3.05, 3.63) is 64.7 Å². The molecule has 0 radical (unpaired) electrons. The Morgan fingerprint density at radius 2 is 1.81 bits per heavy atom. The maximum absolute atomic E-state index is 12.4. The van der Waals surface area contributed by atoms with E-state index in [0.29, 0.717) is 29.4 Å². The quantitative estimate of drug-likeness (QED) is 0.732. The number of nitrogens with one attached hydrogen (secondary N) is 2. The zero-order valence-electron chi connectivity index (χ0n) is 14.5. The first-order chi connectivity index (χ1) is 12.6. The molecule has 2 aromatic rings. The van der Waals surface area contributed by atoms with Gasteiger partial charge in [0.15, 0.2) is 0 Å². The molecule has 0 spiro atoms. The summed E-state index contributed by atoms with van der Waals surface area (Å²) >= 11 is 6.05. The van der Waals surface area contributed by atoms with Crippen LogP contribution < -0.4 is 10.6 Å². The van der Waals surface area contributed by atoms with Gasteiger partial charge in [0, 0.05) is 19.3 Å². The van der Waals surface area contributed by atoms with Crippen molar-refractivity contribution in [2.75, 3.05) is 25.6 Å². The van der Waals surface area contributed by atoms with Gasteiger partial charge in [-0.25, -0.2) is 0 Å². The molecule has 0 bridgehead atoms. The van der Waals surface area contributed by atoms with Crippen molar-refractivity contribution in [2.24, 2.45) is 0 Å². The number of rotatable bonds is 7. The number of halogens is 1. The third-order valence-corrected chi connectivity index (χ3v) is 4.92. The van der Waals surface area contributed by atoms with Crippen LogP contribution in [0.4, 0.5) is 5.69 Å². The van der Waals surface area contributed by atoms with Crippen molar-refractivity contribution in [3.8, 4) is 0 Å². The molecule has 1 fully saturated rings. The lowest BCUT2D eigenvalue weighted by Crippen LogP contribution is -2.36. The Balaban J connectivity index is 1.66. The van der Waals surface area contributed by atoms with E-state index in [2.05, 4.69) is 10.6 Å². The van der Waals surface area contributed by atoms with Gasteiger partial charge >= 0.3 is 0 Å². The van der Waals surface area contributed by atoms with Gasteiger partial charge in [-0.15, -0.1) is 0 Å². The lowest BCUT2D eigenvalue weighted by Gasteiger charge is -2.16. The van der Waals surface area contributed by atoms with Crippen LogP contribution in [0, 0.1) is 0 Å². The van der Waals surface area contributed by atoms with Crippen LogP contribution >= 0.6 is 11.6 Å². The number of amides is 2. The average molecular weight is 373 g/mol. The summed E-state index contributed by atoms with van der Waals surface area (Å²) < 4.78 is 4.96. The largest absolute Gasteiger partial charge is 0.383 e. The molecule has 1 saturated carbocycles. The second-order valence-electron chi connectivity index (χ2n) is 6.34. The summed E-state index contributed by atoms with van der Waals surface area (Å²) in [5, 5.41) is 6.15. The Labute approximate surface area is 157 Å². The molecular formula is C20H21ClN2O3. The van der Waals surface area contributed by atoms with Crippen LogP contribution in [0.5, 0.6) is 0 Å². The van der Waals surface area contributed by atoms with Gasteiger partial charge in [-0.3, -0.25) is 9.59 Å². The van der Waals surface area contributed by atoms with E-state index in [4.69, 9.17) is 16.3 Å². The molecule has 1 aliphatic rings. The summed E-state index contributed by atoms with van der Waals surface area (Å²) in [6, 6.07) is 14.3. The molecule has 0 unspecified atom stereocenters. The highest BCUT2D eigenvalue weighted by atomic mass is 35.5. The van der Waals surface area contributed by atoms with Crippen molar-refractivity contribution < 1.29 is 14.3 Å². The van der Waals surface area contributed by atoms with E-state index in [1.807, 2.05) is 24.3 Å². The minimum Gasteiger partial charge on any atom is -0.383 e. The van der Waals surface area contributed by atoms with Crippen molar-refractivity contribution in [3.63, 3.8) is 0 Å². The SMILES string of the molecule is COCCNC(=O)C1(c2ccc(NC(=O)c3ccccc3Cl)cc2)CC1. The maximum atomic E-state index is 12.4. The smallest absolute Gasteiger partial charge is 0.257 e. The zero-order chi connectivity index (χ0) is 18.6. The molecule has 0 heterocycles. The molecule has 2 aromatic carbocycles. The summed E-state index contributed by atoms with van der Waals surface area (Å²) in [5.41, 5.74) is 1.60. The first-order valence-electron chi connectivity index (χ1n) is 8.50. The first kappa shape index (κ1) is 18.4. The molecule has 1 aliphatic carbocycles.